The summed E-state index contributed by atoms with van der Waals surface area (Å²) in [5.41, 5.74) is 2.24. The highest BCUT2D eigenvalue weighted by Gasteiger charge is 2.28. The van der Waals surface area contributed by atoms with Crippen LogP contribution in [0.2, 0.25) is 0 Å². The summed E-state index contributed by atoms with van der Waals surface area (Å²) in [4.78, 5) is 11.4. The van der Waals surface area contributed by atoms with Crippen molar-refractivity contribution in [1.29, 1.82) is 0 Å². The zero-order valence-corrected chi connectivity index (χ0v) is 9.99. The number of nitrogens with zero attached hydrogens (tertiary/aromatic N) is 2. The first-order chi connectivity index (χ1) is 7.66. The van der Waals surface area contributed by atoms with Gasteiger partial charge >= 0.3 is 0 Å². The Morgan fingerprint density at radius 2 is 2.31 bits per heavy atom. The highest BCUT2D eigenvalue weighted by atomic mass is 16.2. The summed E-state index contributed by atoms with van der Waals surface area (Å²) in [6.45, 7) is 5.69. The Hall–Kier alpha value is -1.32. The van der Waals surface area contributed by atoms with Gasteiger partial charge in [0.05, 0.1) is 5.69 Å². The lowest BCUT2D eigenvalue weighted by atomic mass is 10.3. The van der Waals surface area contributed by atoms with E-state index in [4.69, 9.17) is 0 Å². The Bertz CT molecular complexity index is 380. The van der Waals surface area contributed by atoms with E-state index in [1.54, 1.807) is 0 Å². The maximum Gasteiger partial charge on any atom is 0.223 e. The predicted octanol–water partition coefficient (Wildman–Crippen LogP) is 1.42. The van der Waals surface area contributed by atoms with Crippen molar-refractivity contribution in [3.8, 4) is 0 Å². The van der Waals surface area contributed by atoms with E-state index in [0.29, 0.717) is 5.92 Å². The van der Waals surface area contributed by atoms with Crippen LogP contribution in [0, 0.1) is 19.8 Å². The third kappa shape index (κ3) is 2.84. The minimum absolute atomic E-state index is 0.230. The van der Waals surface area contributed by atoms with E-state index in [-0.39, 0.29) is 5.91 Å². The monoisotopic (exact) mass is 221 g/mol. The standard InChI is InChI=1S/C12H19N3O/c1-9-8-10(2)15(14-9)7-3-6-13-12(16)11-4-5-11/h8,11H,3-7H2,1-2H3,(H,13,16). The molecule has 0 atom stereocenters. The maximum absolute atomic E-state index is 11.4. The normalized spacial score (nSPS) is 15.1. The number of hydrogen-bond donors (Lipinski definition) is 1. The highest BCUT2D eigenvalue weighted by Crippen LogP contribution is 2.28. The summed E-state index contributed by atoms with van der Waals surface area (Å²) in [5.74, 6) is 0.544. The molecule has 0 saturated heterocycles. The van der Waals surface area contributed by atoms with E-state index < -0.39 is 0 Å². The Kier molecular flexibility index (Phi) is 3.27. The van der Waals surface area contributed by atoms with Crippen LogP contribution in [0.3, 0.4) is 0 Å². The van der Waals surface area contributed by atoms with Crippen LogP contribution in [0.1, 0.15) is 30.7 Å². The van der Waals surface area contributed by atoms with Gasteiger partial charge < -0.3 is 5.32 Å². The van der Waals surface area contributed by atoms with Gasteiger partial charge in [0.25, 0.3) is 0 Å². The van der Waals surface area contributed by atoms with Gasteiger partial charge in [0.15, 0.2) is 0 Å². The molecular weight excluding hydrogens is 202 g/mol. The third-order valence-corrected chi connectivity index (χ3v) is 2.90. The summed E-state index contributed by atoms with van der Waals surface area (Å²) >= 11 is 0. The Morgan fingerprint density at radius 1 is 1.56 bits per heavy atom. The van der Waals surface area contributed by atoms with E-state index in [1.807, 2.05) is 11.6 Å². The smallest absolute Gasteiger partial charge is 0.223 e. The van der Waals surface area contributed by atoms with Gasteiger partial charge in [-0.15, -0.1) is 0 Å². The van der Waals surface area contributed by atoms with Crippen LogP contribution in [-0.2, 0) is 11.3 Å². The molecule has 0 radical (unpaired) electrons. The fourth-order valence-corrected chi connectivity index (χ4v) is 1.83. The second-order valence-corrected chi connectivity index (χ2v) is 4.57. The van der Waals surface area contributed by atoms with Gasteiger partial charge in [0.2, 0.25) is 5.91 Å². The highest BCUT2D eigenvalue weighted by molar-refractivity contribution is 5.80. The molecule has 1 amide bonds. The van der Waals surface area contributed by atoms with Crippen molar-refractivity contribution >= 4 is 5.91 Å². The summed E-state index contributed by atoms with van der Waals surface area (Å²) in [7, 11) is 0. The van der Waals surface area contributed by atoms with Crippen LogP contribution in [0.25, 0.3) is 0 Å². The molecule has 1 saturated carbocycles. The predicted molar refractivity (Wildman–Crippen MR) is 62.1 cm³/mol. The molecule has 1 aliphatic carbocycles. The second kappa shape index (κ2) is 4.68. The molecule has 1 heterocycles. The Labute approximate surface area is 96.0 Å². The number of amides is 1. The average Bonchev–Trinajstić information content (AvgIpc) is 3.01. The fraction of sp³-hybridized carbons (Fsp3) is 0.667. The zero-order chi connectivity index (χ0) is 11.5. The number of aryl methyl sites for hydroxylation is 3. The minimum Gasteiger partial charge on any atom is -0.356 e. The number of aromatic nitrogens is 2. The van der Waals surface area contributed by atoms with Gasteiger partial charge in [0, 0.05) is 24.7 Å². The topological polar surface area (TPSA) is 46.9 Å². The molecule has 1 aromatic heterocycles. The molecule has 2 rings (SSSR count). The fourth-order valence-electron chi connectivity index (χ4n) is 1.83. The van der Waals surface area contributed by atoms with Crippen molar-refractivity contribution in [2.75, 3.05) is 6.54 Å². The van der Waals surface area contributed by atoms with E-state index in [1.165, 1.54) is 5.69 Å². The van der Waals surface area contributed by atoms with Crippen LogP contribution in [0.4, 0.5) is 0 Å². The third-order valence-electron chi connectivity index (χ3n) is 2.90. The minimum atomic E-state index is 0.230. The van der Waals surface area contributed by atoms with E-state index in [0.717, 1.165) is 38.0 Å². The molecule has 0 aromatic carbocycles. The van der Waals surface area contributed by atoms with Crippen LogP contribution in [0.15, 0.2) is 6.07 Å². The molecule has 0 unspecified atom stereocenters. The van der Waals surface area contributed by atoms with Gasteiger partial charge in [0.1, 0.15) is 0 Å². The van der Waals surface area contributed by atoms with Crippen LogP contribution >= 0.6 is 0 Å². The Morgan fingerprint density at radius 3 is 2.88 bits per heavy atom. The zero-order valence-electron chi connectivity index (χ0n) is 9.99. The van der Waals surface area contributed by atoms with Crippen molar-refractivity contribution in [3.05, 3.63) is 17.5 Å². The van der Waals surface area contributed by atoms with Gasteiger partial charge in [-0.05, 0) is 39.2 Å². The van der Waals surface area contributed by atoms with Crippen molar-refractivity contribution in [2.24, 2.45) is 5.92 Å². The van der Waals surface area contributed by atoms with Crippen LogP contribution in [-0.4, -0.2) is 22.2 Å². The summed E-state index contributed by atoms with van der Waals surface area (Å²) in [6.07, 6.45) is 3.09. The molecule has 0 spiro atoms. The second-order valence-electron chi connectivity index (χ2n) is 4.57. The molecule has 16 heavy (non-hydrogen) atoms. The Balaban J connectivity index is 1.67. The van der Waals surface area contributed by atoms with Crippen molar-refractivity contribution < 1.29 is 4.79 Å². The lowest BCUT2D eigenvalue weighted by Gasteiger charge is -2.05. The SMILES string of the molecule is Cc1cc(C)n(CCCNC(=O)C2CC2)n1. The van der Waals surface area contributed by atoms with Gasteiger partial charge in [-0.2, -0.15) is 5.10 Å². The van der Waals surface area contributed by atoms with Gasteiger partial charge in [-0.25, -0.2) is 0 Å². The van der Waals surface area contributed by atoms with E-state index in [2.05, 4.69) is 23.4 Å². The molecule has 1 aromatic rings. The lowest BCUT2D eigenvalue weighted by Crippen LogP contribution is -2.26. The van der Waals surface area contributed by atoms with E-state index >= 15 is 0 Å². The number of nitrogens with one attached hydrogen (secondary N) is 1. The van der Waals surface area contributed by atoms with Crippen molar-refractivity contribution in [1.82, 2.24) is 15.1 Å². The first-order valence-electron chi connectivity index (χ1n) is 5.95. The molecular formula is C12H19N3O. The summed E-state index contributed by atoms with van der Waals surface area (Å²) < 4.78 is 2.00. The molecule has 0 aliphatic heterocycles. The summed E-state index contributed by atoms with van der Waals surface area (Å²) in [5, 5.41) is 7.34. The van der Waals surface area contributed by atoms with Gasteiger partial charge in [-0.3, -0.25) is 9.48 Å². The quantitative estimate of drug-likeness (QED) is 0.764. The molecule has 4 nitrogen and oxygen atoms in total. The molecule has 1 fully saturated rings. The molecule has 4 heteroatoms. The largest absolute Gasteiger partial charge is 0.356 e. The van der Waals surface area contributed by atoms with Crippen LogP contribution in [0.5, 0.6) is 0 Å². The molecule has 0 bridgehead atoms. The number of hydrogen-bond acceptors (Lipinski definition) is 2. The first kappa shape index (κ1) is 11.2. The maximum atomic E-state index is 11.4. The first-order valence-corrected chi connectivity index (χ1v) is 5.95. The average molecular weight is 221 g/mol. The van der Waals surface area contributed by atoms with Crippen molar-refractivity contribution in [3.63, 3.8) is 0 Å². The van der Waals surface area contributed by atoms with Gasteiger partial charge in [-0.1, -0.05) is 0 Å². The van der Waals surface area contributed by atoms with Crippen molar-refractivity contribution in [2.45, 2.75) is 39.7 Å². The molecule has 1 aliphatic rings. The van der Waals surface area contributed by atoms with E-state index in [9.17, 15) is 4.79 Å². The van der Waals surface area contributed by atoms with Crippen LogP contribution < -0.4 is 5.32 Å². The number of rotatable bonds is 5. The number of carbonyl (C=O) groups is 1. The molecule has 88 valence electrons. The lowest BCUT2D eigenvalue weighted by molar-refractivity contribution is -0.122. The summed E-state index contributed by atoms with van der Waals surface area (Å²) in [6, 6.07) is 2.07. The molecule has 1 N–H and O–H groups in total. The number of carbonyl (C=O) groups excluding carboxylic acids is 1.